The van der Waals surface area contributed by atoms with Crippen LogP contribution >= 0.6 is 0 Å². The second-order valence-corrected chi connectivity index (χ2v) is 3.98. The SMILES string of the molecule is CC(=O)CC(=O)NC(C)CC(C)C. The zero-order chi connectivity index (χ0) is 10.4. The van der Waals surface area contributed by atoms with Gasteiger partial charge in [0.05, 0.1) is 6.42 Å². The van der Waals surface area contributed by atoms with E-state index in [-0.39, 0.29) is 24.2 Å². The first-order valence-corrected chi connectivity index (χ1v) is 4.70. The summed E-state index contributed by atoms with van der Waals surface area (Å²) >= 11 is 0. The summed E-state index contributed by atoms with van der Waals surface area (Å²) in [6.07, 6.45) is 0.950. The number of hydrogen-bond donors (Lipinski definition) is 1. The van der Waals surface area contributed by atoms with Gasteiger partial charge < -0.3 is 5.32 Å². The van der Waals surface area contributed by atoms with E-state index in [0.29, 0.717) is 5.92 Å². The Morgan fingerprint density at radius 2 is 1.77 bits per heavy atom. The number of nitrogens with one attached hydrogen (secondary N) is 1. The number of hydrogen-bond acceptors (Lipinski definition) is 2. The molecule has 0 bridgehead atoms. The molecule has 1 amide bonds. The summed E-state index contributed by atoms with van der Waals surface area (Å²) in [5.41, 5.74) is 0. The first-order chi connectivity index (χ1) is 5.91. The molecule has 1 atom stereocenters. The minimum absolute atomic E-state index is 0.00242. The Labute approximate surface area is 79.9 Å². The van der Waals surface area contributed by atoms with Gasteiger partial charge in [-0.3, -0.25) is 9.59 Å². The number of rotatable bonds is 5. The molecule has 0 fully saturated rings. The molecule has 0 aromatic rings. The third-order valence-corrected chi connectivity index (χ3v) is 1.64. The summed E-state index contributed by atoms with van der Waals surface area (Å²) in [4.78, 5) is 21.7. The molecular formula is C10H19NO2. The van der Waals surface area contributed by atoms with Crippen LogP contribution < -0.4 is 5.32 Å². The van der Waals surface area contributed by atoms with Crippen molar-refractivity contribution in [1.29, 1.82) is 0 Å². The van der Waals surface area contributed by atoms with Gasteiger partial charge in [-0.2, -0.15) is 0 Å². The van der Waals surface area contributed by atoms with E-state index < -0.39 is 0 Å². The lowest BCUT2D eigenvalue weighted by molar-refractivity contribution is -0.127. The maximum absolute atomic E-state index is 11.1. The van der Waals surface area contributed by atoms with Gasteiger partial charge in [0.1, 0.15) is 5.78 Å². The van der Waals surface area contributed by atoms with Crippen LogP contribution in [-0.4, -0.2) is 17.7 Å². The molecule has 3 nitrogen and oxygen atoms in total. The van der Waals surface area contributed by atoms with Crippen LogP contribution in [0.2, 0.25) is 0 Å². The smallest absolute Gasteiger partial charge is 0.227 e. The molecule has 0 saturated carbocycles. The Balaban J connectivity index is 3.71. The van der Waals surface area contributed by atoms with E-state index in [0.717, 1.165) is 6.42 Å². The Kier molecular flexibility index (Phi) is 5.35. The number of carbonyl (C=O) groups is 2. The van der Waals surface area contributed by atoms with Crippen LogP contribution in [0.15, 0.2) is 0 Å². The molecule has 76 valence electrons. The van der Waals surface area contributed by atoms with Crippen LogP contribution in [-0.2, 0) is 9.59 Å². The van der Waals surface area contributed by atoms with Gasteiger partial charge in [-0.15, -0.1) is 0 Å². The number of ketones is 1. The summed E-state index contributed by atoms with van der Waals surface area (Å²) in [7, 11) is 0. The van der Waals surface area contributed by atoms with Crippen molar-refractivity contribution in [2.45, 2.75) is 46.6 Å². The standard InChI is InChI=1S/C10H19NO2/c1-7(2)5-8(3)11-10(13)6-9(4)12/h7-8H,5-6H2,1-4H3,(H,11,13). The van der Waals surface area contributed by atoms with Crippen LogP contribution in [0.25, 0.3) is 0 Å². The lowest BCUT2D eigenvalue weighted by Crippen LogP contribution is -2.34. The zero-order valence-corrected chi connectivity index (χ0v) is 8.89. The average Bonchev–Trinajstić information content (AvgIpc) is 1.80. The molecule has 0 aliphatic rings. The topological polar surface area (TPSA) is 46.2 Å². The van der Waals surface area contributed by atoms with Crippen molar-refractivity contribution >= 4 is 11.7 Å². The quantitative estimate of drug-likeness (QED) is 0.660. The second kappa shape index (κ2) is 5.73. The minimum Gasteiger partial charge on any atom is -0.353 e. The first-order valence-electron chi connectivity index (χ1n) is 4.70. The van der Waals surface area contributed by atoms with Crippen molar-refractivity contribution in [3.63, 3.8) is 0 Å². The molecule has 0 spiro atoms. The van der Waals surface area contributed by atoms with Crippen LogP contribution in [0, 0.1) is 5.92 Å². The monoisotopic (exact) mass is 185 g/mol. The summed E-state index contributed by atoms with van der Waals surface area (Å²) < 4.78 is 0. The molecule has 0 heterocycles. The highest BCUT2D eigenvalue weighted by Gasteiger charge is 2.10. The second-order valence-electron chi connectivity index (χ2n) is 3.98. The van der Waals surface area contributed by atoms with Gasteiger partial charge >= 0.3 is 0 Å². The molecule has 0 aromatic heterocycles. The maximum Gasteiger partial charge on any atom is 0.227 e. The Bertz CT molecular complexity index is 187. The highest BCUT2D eigenvalue weighted by atomic mass is 16.2. The maximum atomic E-state index is 11.1. The molecule has 3 heteroatoms. The van der Waals surface area contributed by atoms with E-state index in [1.165, 1.54) is 6.92 Å². The van der Waals surface area contributed by atoms with Gasteiger partial charge in [-0.25, -0.2) is 0 Å². The third kappa shape index (κ3) is 7.50. The normalized spacial score (nSPS) is 12.7. The number of Topliss-reactive ketones (excluding diaryl/α,β-unsaturated/α-hetero) is 1. The Morgan fingerprint density at radius 1 is 1.23 bits per heavy atom. The van der Waals surface area contributed by atoms with Gasteiger partial charge in [-0.1, -0.05) is 13.8 Å². The Morgan fingerprint density at radius 3 is 2.15 bits per heavy atom. The predicted molar refractivity (Wildman–Crippen MR) is 52.4 cm³/mol. The summed E-state index contributed by atoms with van der Waals surface area (Å²) in [6, 6.07) is 0.159. The zero-order valence-electron chi connectivity index (χ0n) is 8.89. The van der Waals surface area contributed by atoms with E-state index in [9.17, 15) is 9.59 Å². The van der Waals surface area contributed by atoms with E-state index in [1.807, 2.05) is 6.92 Å². The molecule has 1 unspecified atom stereocenters. The van der Waals surface area contributed by atoms with Crippen molar-refractivity contribution < 1.29 is 9.59 Å². The molecule has 1 N–H and O–H groups in total. The molecular weight excluding hydrogens is 166 g/mol. The fourth-order valence-electron chi connectivity index (χ4n) is 1.32. The van der Waals surface area contributed by atoms with Crippen LogP contribution in [0.5, 0.6) is 0 Å². The molecule has 0 radical (unpaired) electrons. The van der Waals surface area contributed by atoms with Gasteiger partial charge in [-0.05, 0) is 26.2 Å². The van der Waals surface area contributed by atoms with Crippen molar-refractivity contribution in [2.24, 2.45) is 5.92 Å². The average molecular weight is 185 g/mol. The highest BCUT2D eigenvalue weighted by Crippen LogP contribution is 2.03. The van der Waals surface area contributed by atoms with Gasteiger partial charge in [0.25, 0.3) is 0 Å². The lowest BCUT2D eigenvalue weighted by atomic mass is 10.1. The summed E-state index contributed by atoms with van der Waals surface area (Å²) in [6.45, 7) is 7.59. The minimum atomic E-state index is -0.166. The fraction of sp³-hybridized carbons (Fsp3) is 0.800. The summed E-state index contributed by atoms with van der Waals surface area (Å²) in [5.74, 6) is 0.308. The van der Waals surface area contributed by atoms with Crippen LogP contribution in [0.1, 0.15) is 40.5 Å². The lowest BCUT2D eigenvalue weighted by Gasteiger charge is -2.15. The third-order valence-electron chi connectivity index (χ3n) is 1.64. The van der Waals surface area contributed by atoms with Gasteiger partial charge in [0.15, 0.2) is 0 Å². The van der Waals surface area contributed by atoms with Crippen LogP contribution in [0.4, 0.5) is 0 Å². The van der Waals surface area contributed by atoms with E-state index in [1.54, 1.807) is 0 Å². The fourth-order valence-corrected chi connectivity index (χ4v) is 1.32. The molecule has 0 aliphatic heterocycles. The molecule has 0 saturated heterocycles. The molecule has 13 heavy (non-hydrogen) atoms. The van der Waals surface area contributed by atoms with Crippen molar-refractivity contribution in [3.05, 3.63) is 0 Å². The van der Waals surface area contributed by atoms with E-state index >= 15 is 0 Å². The number of amides is 1. The van der Waals surface area contributed by atoms with E-state index in [2.05, 4.69) is 19.2 Å². The first kappa shape index (κ1) is 12.1. The Hall–Kier alpha value is -0.860. The molecule has 0 aromatic carbocycles. The van der Waals surface area contributed by atoms with Gasteiger partial charge in [0, 0.05) is 6.04 Å². The summed E-state index contributed by atoms with van der Waals surface area (Å²) in [5, 5.41) is 2.78. The molecule has 0 rings (SSSR count). The van der Waals surface area contributed by atoms with Crippen molar-refractivity contribution in [1.82, 2.24) is 5.32 Å². The van der Waals surface area contributed by atoms with Gasteiger partial charge in [0.2, 0.25) is 5.91 Å². The van der Waals surface area contributed by atoms with Crippen LogP contribution in [0.3, 0.4) is 0 Å². The molecule has 0 aliphatic carbocycles. The van der Waals surface area contributed by atoms with Crippen molar-refractivity contribution in [2.75, 3.05) is 0 Å². The predicted octanol–water partition coefficient (Wildman–Crippen LogP) is 1.52. The highest BCUT2D eigenvalue weighted by molar-refractivity contribution is 5.96. The van der Waals surface area contributed by atoms with E-state index in [4.69, 9.17) is 0 Å². The van der Waals surface area contributed by atoms with Crippen molar-refractivity contribution in [3.8, 4) is 0 Å². The largest absolute Gasteiger partial charge is 0.353 e. The number of carbonyl (C=O) groups excluding carboxylic acids is 2.